The predicted molar refractivity (Wildman–Crippen MR) is 65.6 cm³/mol. The molecule has 0 saturated heterocycles. The quantitative estimate of drug-likeness (QED) is 0.856. The summed E-state index contributed by atoms with van der Waals surface area (Å²) in [6, 6.07) is 7.74. The maximum absolute atomic E-state index is 12.0. The first-order valence-electron chi connectivity index (χ1n) is 5.95. The van der Waals surface area contributed by atoms with Crippen molar-refractivity contribution in [2.75, 3.05) is 0 Å². The first-order chi connectivity index (χ1) is 8.08. The van der Waals surface area contributed by atoms with Crippen molar-refractivity contribution < 1.29 is 9.59 Å². The van der Waals surface area contributed by atoms with Crippen molar-refractivity contribution in [3.05, 3.63) is 35.4 Å². The normalized spacial score (nSPS) is 16.4. The lowest BCUT2D eigenvalue weighted by Gasteiger charge is -2.14. The van der Waals surface area contributed by atoms with E-state index in [0.29, 0.717) is 0 Å². The molecule has 1 aromatic rings. The Morgan fingerprint density at radius 1 is 1.24 bits per heavy atom. The maximum atomic E-state index is 12.0. The molecule has 0 aromatic heterocycles. The van der Waals surface area contributed by atoms with Crippen molar-refractivity contribution in [3.8, 4) is 0 Å². The number of ketones is 1. The predicted octanol–water partition coefficient (Wildman–Crippen LogP) is 1.50. The summed E-state index contributed by atoms with van der Waals surface area (Å²) < 4.78 is 0. The molecule has 17 heavy (non-hydrogen) atoms. The van der Waals surface area contributed by atoms with E-state index in [1.807, 2.05) is 12.1 Å². The molecule has 1 N–H and O–H groups in total. The molecule has 1 aliphatic carbocycles. The Hall–Kier alpha value is -1.64. The van der Waals surface area contributed by atoms with Crippen molar-refractivity contribution in [3.63, 3.8) is 0 Å². The molecule has 0 spiro atoms. The van der Waals surface area contributed by atoms with Crippen molar-refractivity contribution in [2.24, 2.45) is 5.92 Å². The molecule has 1 aliphatic rings. The van der Waals surface area contributed by atoms with Crippen LogP contribution in [0.4, 0.5) is 0 Å². The van der Waals surface area contributed by atoms with Gasteiger partial charge in [0.1, 0.15) is 0 Å². The zero-order valence-corrected chi connectivity index (χ0v) is 10.2. The van der Waals surface area contributed by atoms with Gasteiger partial charge in [-0.05, 0) is 37.8 Å². The molecule has 1 amide bonds. The van der Waals surface area contributed by atoms with E-state index in [1.54, 1.807) is 6.92 Å². The molecule has 0 fully saturated rings. The summed E-state index contributed by atoms with van der Waals surface area (Å²) in [5, 5.41) is 2.77. The van der Waals surface area contributed by atoms with Crippen LogP contribution in [0.1, 0.15) is 25.0 Å². The van der Waals surface area contributed by atoms with E-state index in [1.165, 1.54) is 18.1 Å². The van der Waals surface area contributed by atoms with Crippen LogP contribution in [0.2, 0.25) is 0 Å². The number of amides is 1. The topological polar surface area (TPSA) is 46.2 Å². The van der Waals surface area contributed by atoms with E-state index in [4.69, 9.17) is 0 Å². The highest BCUT2D eigenvalue weighted by Gasteiger charge is 2.28. The van der Waals surface area contributed by atoms with E-state index < -0.39 is 0 Å². The molecular weight excluding hydrogens is 214 g/mol. The second kappa shape index (κ2) is 4.70. The zero-order valence-electron chi connectivity index (χ0n) is 10.2. The van der Waals surface area contributed by atoms with Gasteiger partial charge in [-0.25, -0.2) is 0 Å². The monoisotopic (exact) mass is 231 g/mol. The van der Waals surface area contributed by atoms with Gasteiger partial charge < -0.3 is 5.32 Å². The largest absolute Gasteiger partial charge is 0.346 e. The van der Waals surface area contributed by atoms with Crippen molar-refractivity contribution in [1.82, 2.24) is 5.32 Å². The minimum absolute atomic E-state index is 0.00568. The Morgan fingerprint density at radius 2 is 1.76 bits per heavy atom. The molecule has 0 aliphatic heterocycles. The van der Waals surface area contributed by atoms with Crippen LogP contribution >= 0.6 is 0 Å². The molecule has 0 radical (unpaired) electrons. The Morgan fingerprint density at radius 3 is 2.24 bits per heavy atom. The molecule has 3 heteroatoms. The SMILES string of the molecule is CC(=O)C(C)NC(=O)C1Cc2ccccc2C1. The number of nitrogens with one attached hydrogen (secondary N) is 1. The van der Waals surface area contributed by atoms with Crippen LogP contribution in [-0.4, -0.2) is 17.7 Å². The summed E-state index contributed by atoms with van der Waals surface area (Å²) in [5.74, 6) is -0.0352. The molecule has 1 unspecified atom stereocenters. The number of Topliss-reactive ketones (excluding diaryl/α,β-unsaturated/α-hetero) is 1. The van der Waals surface area contributed by atoms with E-state index >= 15 is 0 Å². The summed E-state index contributed by atoms with van der Waals surface area (Å²) in [5.41, 5.74) is 2.51. The first kappa shape index (κ1) is 11.8. The third kappa shape index (κ3) is 2.54. The van der Waals surface area contributed by atoms with Crippen LogP contribution in [0.3, 0.4) is 0 Å². The van der Waals surface area contributed by atoms with Gasteiger partial charge in [-0.1, -0.05) is 24.3 Å². The second-order valence-corrected chi connectivity index (χ2v) is 4.71. The Bertz CT molecular complexity index is 428. The third-order valence-electron chi connectivity index (χ3n) is 3.39. The molecule has 0 bridgehead atoms. The van der Waals surface area contributed by atoms with Crippen LogP contribution in [-0.2, 0) is 22.4 Å². The number of hydrogen-bond acceptors (Lipinski definition) is 2. The number of hydrogen-bond donors (Lipinski definition) is 1. The summed E-state index contributed by atoms with van der Waals surface area (Å²) >= 11 is 0. The van der Waals surface area contributed by atoms with Gasteiger partial charge in [-0.3, -0.25) is 9.59 Å². The van der Waals surface area contributed by atoms with Crippen LogP contribution < -0.4 is 5.32 Å². The average Bonchev–Trinajstić information content (AvgIpc) is 2.72. The Labute approximate surface area is 101 Å². The van der Waals surface area contributed by atoms with Crippen LogP contribution in [0.25, 0.3) is 0 Å². The number of carbonyl (C=O) groups is 2. The fraction of sp³-hybridized carbons (Fsp3) is 0.429. The van der Waals surface area contributed by atoms with Gasteiger partial charge in [0.25, 0.3) is 0 Å². The van der Waals surface area contributed by atoms with Gasteiger partial charge in [0, 0.05) is 5.92 Å². The standard InChI is InChI=1S/C14H17NO2/c1-9(10(2)16)15-14(17)13-7-11-5-3-4-6-12(11)8-13/h3-6,9,13H,7-8H2,1-2H3,(H,15,17). The fourth-order valence-electron chi connectivity index (χ4n) is 2.18. The highest BCUT2D eigenvalue weighted by molar-refractivity contribution is 5.88. The van der Waals surface area contributed by atoms with Crippen molar-refractivity contribution in [2.45, 2.75) is 32.7 Å². The van der Waals surface area contributed by atoms with Gasteiger partial charge in [0.05, 0.1) is 6.04 Å². The summed E-state index contributed by atoms with van der Waals surface area (Å²) in [7, 11) is 0. The van der Waals surface area contributed by atoms with Crippen LogP contribution in [0.5, 0.6) is 0 Å². The molecular formula is C14H17NO2. The van der Waals surface area contributed by atoms with Gasteiger partial charge in [-0.2, -0.15) is 0 Å². The van der Waals surface area contributed by atoms with Crippen LogP contribution in [0.15, 0.2) is 24.3 Å². The molecule has 0 heterocycles. The lowest BCUT2D eigenvalue weighted by atomic mass is 10.0. The van der Waals surface area contributed by atoms with Crippen molar-refractivity contribution >= 4 is 11.7 Å². The third-order valence-corrected chi connectivity index (χ3v) is 3.39. The molecule has 1 atom stereocenters. The van der Waals surface area contributed by atoms with Gasteiger partial charge in [0.15, 0.2) is 5.78 Å². The zero-order chi connectivity index (χ0) is 12.4. The smallest absolute Gasteiger partial charge is 0.224 e. The number of fused-ring (bicyclic) bond motifs is 1. The molecule has 2 rings (SSSR count). The highest BCUT2D eigenvalue weighted by Crippen LogP contribution is 2.26. The Balaban J connectivity index is 1.99. The number of benzene rings is 1. The van der Waals surface area contributed by atoms with E-state index in [2.05, 4.69) is 17.4 Å². The number of carbonyl (C=O) groups excluding carboxylic acids is 2. The lowest BCUT2D eigenvalue weighted by molar-refractivity contribution is -0.129. The summed E-state index contributed by atoms with van der Waals surface area (Å²) in [4.78, 5) is 23.1. The second-order valence-electron chi connectivity index (χ2n) is 4.71. The highest BCUT2D eigenvalue weighted by atomic mass is 16.2. The Kier molecular flexibility index (Phi) is 3.27. The lowest BCUT2D eigenvalue weighted by Crippen LogP contribution is -2.41. The minimum Gasteiger partial charge on any atom is -0.346 e. The van der Waals surface area contributed by atoms with E-state index in [9.17, 15) is 9.59 Å². The first-order valence-corrected chi connectivity index (χ1v) is 5.95. The number of rotatable bonds is 3. The van der Waals surface area contributed by atoms with Crippen molar-refractivity contribution in [1.29, 1.82) is 0 Å². The van der Waals surface area contributed by atoms with Gasteiger partial charge in [0.2, 0.25) is 5.91 Å². The summed E-state index contributed by atoms with van der Waals surface area (Å²) in [6.45, 7) is 3.22. The van der Waals surface area contributed by atoms with E-state index in [0.717, 1.165) is 12.8 Å². The van der Waals surface area contributed by atoms with E-state index in [-0.39, 0.29) is 23.7 Å². The molecule has 3 nitrogen and oxygen atoms in total. The molecule has 1 aromatic carbocycles. The molecule has 0 saturated carbocycles. The fourth-order valence-corrected chi connectivity index (χ4v) is 2.18. The summed E-state index contributed by atoms with van der Waals surface area (Å²) in [6.07, 6.45) is 1.57. The average molecular weight is 231 g/mol. The molecule has 90 valence electrons. The van der Waals surface area contributed by atoms with Gasteiger partial charge >= 0.3 is 0 Å². The van der Waals surface area contributed by atoms with Gasteiger partial charge in [-0.15, -0.1) is 0 Å². The van der Waals surface area contributed by atoms with Crippen LogP contribution in [0, 0.1) is 5.92 Å². The maximum Gasteiger partial charge on any atom is 0.224 e. The minimum atomic E-state index is -0.383.